The quantitative estimate of drug-likeness (QED) is 0.661. The number of thiazole rings is 1. The van der Waals surface area contributed by atoms with Gasteiger partial charge < -0.3 is 10.2 Å². The van der Waals surface area contributed by atoms with Crippen LogP contribution < -0.4 is 5.32 Å². The molecule has 1 aromatic heterocycles. The molecule has 17 heavy (non-hydrogen) atoms. The minimum Gasteiger partial charge on any atom is -0.357 e. The highest BCUT2D eigenvalue weighted by molar-refractivity contribution is 7.09. The summed E-state index contributed by atoms with van der Waals surface area (Å²) < 4.78 is 0. The van der Waals surface area contributed by atoms with Crippen molar-refractivity contribution < 1.29 is 0 Å². The minimum absolute atomic E-state index is 0.745. The molecule has 0 unspecified atom stereocenters. The molecule has 0 bridgehead atoms. The first-order valence-electron chi connectivity index (χ1n) is 6.23. The Bertz CT molecular complexity index is 380. The van der Waals surface area contributed by atoms with Crippen LogP contribution in [-0.4, -0.2) is 35.5 Å². The van der Waals surface area contributed by atoms with Crippen LogP contribution in [0.2, 0.25) is 0 Å². The average Bonchev–Trinajstić information content (AvgIpc) is 2.96. The summed E-state index contributed by atoms with van der Waals surface area (Å²) in [6.45, 7) is 8.10. The molecule has 1 fully saturated rings. The number of rotatable bonds is 3. The summed E-state index contributed by atoms with van der Waals surface area (Å²) in [5.74, 6) is 1.05. The van der Waals surface area contributed by atoms with E-state index in [0.717, 1.165) is 37.8 Å². The first-order chi connectivity index (χ1) is 8.31. The van der Waals surface area contributed by atoms with Crippen LogP contribution in [0.5, 0.6) is 0 Å². The summed E-state index contributed by atoms with van der Waals surface area (Å²) in [5, 5.41) is 3.37. The van der Waals surface area contributed by atoms with E-state index in [2.05, 4.69) is 22.1 Å². The molecule has 1 aromatic rings. The Morgan fingerprint density at radius 3 is 2.88 bits per heavy atom. The van der Waals surface area contributed by atoms with Gasteiger partial charge in [0.05, 0.1) is 17.7 Å². The molecule has 0 aromatic carbocycles. The lowest BCUT2D eigenvalue weighted by Crippen LogP contribution is -2.39. The predicted molar refractivity (Wildman–Crippen MR) is 72.5 cm³/mol. The van der Waals surface area contributed by atoms with Gasteiger partial charge in [0.15, 0.2) is 5.96 Å². The number of hydrogen-bond acceptors (Lipinski definition) is 3. The number of likely N-dealkylation sites (tertiary alicyclic amines) is 1. The van der Waals surface area contributed by atoms with Gasteiger partial charge in [-0.15, -0.1) is 11.3 Å². The molecule has 1 N–H and O–H groups in total. The van der Waals surface area contributed by atoms with Gasteiger partial charge in [-0.1, -0.05) is 0 Å². The van der Waals surface area contributed by atoms with Crippen LogP contribution in [0, 0.1) is 6.92 Å². The predicted octanol–water partition coefficient (Wildman–Crippen LogP) is 2.01. The molecule has 1 aliphatic rings. The van der Waals surface area contributed by atoms with Crippen molar-refractivity contribution in [2.45, 2.75) is 33.2 Å². The van der Waals surface area contributed by atoms with Crippen LogP contribution in [-0.2, 0) is 6.54 Å². The third-order valence-corrected chi connectivity index (χ3v) is 3.88. The van der Waals surface area contributed by atoms with Crippen LogP contribution in [0.15, 0.2) is 10.5 Å². The summed E-state index contributed by atoms with van der Waals surface area (Å²) in [5.41, 5.74) is 3.00. The lowest BCUT2D eigenvalue weighted by atomic mass is 10.4. The van der Waals surface area contributed by atoms with Crippen molar-refractivity contribution in [3.05, 3.63) is 16.1 Å². The number of hydrogen-bond donors (Lipinski definition) is 1. The van der Waals surface area contributed by atoms with Gasteiger partial charge in [0.2, 0.25) is 0 Å². The highest BCUT2D eigenvalue weighted by atomic mass is 32.1. The number of aryl methyl sites for hydroxylation is 1. The Balaban J connectivity index is 2.02. The molecule has 0 saturated carbocycles. The van der Waals surface area contributed by atoms with E-state index in [1.807, 2.05) is 12.4 Å². The molecule has 0 aliphatic carbocycles. The number of nitrogens with zero attached hydrogens (tertiary/aromatic N) is 3. The van der Waals surface area contributed by atoms with Crippen molar-refractivity contribution in [3.8, 4) is 0 Å². The van der Waals surface area contributed by atoms with Gasteiger partial charge in [0, 0.05) is 24.5 Å². The van der Waals surface area contributed by atoms with Crippen molar-refractivity contribution in [1.29, 1.82) is 0 Å². The SMILES string of the molecule is CCNC(=NCc1scnc1C)N1CCCC1. The summed E-state index contributed by atoms with van der Waals surface area (Å²) in [6, 6.07) is 0. The monoisotopic (exact) mass is 252 g/mol. The molecule has 1 saturated heterocycles. The number of guanidine groups is 1. The van der Waals surface area contributed by atoms with E-state index in [1.165, 1.54) is 17.7 Å². The Morgan fingerprint density at radius 1 is 1.53 bits per heavy atom. The third-order valence-electron chi connectivity index (χ3n) is 2.96. The minimum atomic E-state index is 0.745. The zero-order valence-electron chi connectivity index (χ0n) is 10.6. The Labute approximate surface area is 107 Å². The fourth-order valence-electron chi connectivity index (χ4n) is 1.98. The van der Waals surface area contributed by atoms with Crippen molar-refractivity contribution >= 4 is 17.3 Å². The van der Waals surface area contributed by atoms with Gasteiger partial charge in [0.1, 0.15) is 0 Å². The second-order valence-corrected chi connectivity index (χ2v) is 5.16. The van der Waals surface area contributed by atoms with Crippen molar-refractivity contribution in [3.63, 3.8) is 0 Å². The maximum Gasteiger partial charge on any atom is 0.194 e. The zero-order chi connectivity index (χ0) is 12.1. The Morgan fingerprint density at radius 2 is 2.29 bits per heavy atom. The highest BCUT2D eigenvalue weighted by Gasteiger charge is 2.15. The first-order valence-corrected chi connectivity index (χ1v) is 7.11. The molecule has 2 heterocycles. The molecule has 0 radical (unpaired) electrons. The molecule has 0 amide bonds. The Kier molecular flexibility index (Phi) is 4.36. The van der Waals surface area contributed by atoms with E-state index in [4.69, 9.17) is 4.99 Å². The highest BCUT2D eigenvalue weighted by Crippen LogP contribution is 2.14. The maximum atomic E-state index is 4.70. The number of aromatic nitrogens is 1. The summed E-state index contributed by atoms with van der Waals surface area (Å²) in [7, 11) is 0. The van der Waals surface area contributed by atoms with E-state index in [0.29, 0.717) is 0 Å². The van der Waals surface area contributed by atoms with E-state index in [9.17, 15) is 0 Å². The standard InChI is InChI=1S/C12H20N4S/c1-3-13-12(16-6-4-5-7-16)14-8-11-10(2)15-9-17-11/h9H,3-8H2,1-2H3,(H,13,14). The molecule has 1 aliphatic heterocycles. The fraction of sp³-hybridized carbons (Fsp3) is 0.667. The van der Waals surface area contributed by atoms with Gasteiger partial charge in [-0.25, -0.2) is 9.98 Å². The molecular formula is C12H20N4S. The van der Waals surface area contributed by atoms with E-state index >= 15 is 0 Å². The second-order valence-electron chi connectivity index (χ2n) is 4.23. The smallest absolute Gasteiger partial charge is 0.194 e. The second kappa shape index (κ2) is 6.00. The number of aliphatic imine (C=N–C) groups is 1. The fourth-order valence-corrected chi connectivity index (χ4v) is 2.68. The lowest BCUT2D eigenvalue weighted by Gasteiger charge is -2.20. The van der Waals surface area contributed by atoms with Crippen LogP contribution in [0.25, 0.3) is 0 Å². The van der Waals surface area contributed by atoms with E-state index in [-0.39, 0.29) is 0 Å². The topological polar surface area (TPSA) is 40.5 Å². The lowest BCUT2D eigenvalue weighted by molar-refractivity contribution is 0.494. The van der Waals surface area contributed by atoms with Crippen LogP contribution >= 0.6 is 11.3 Å². The van der Waals surface area contributed by atoms with E-state index < -0.39 is 0 Å². The largest absolute Gasteiger partial charge is 0.357 e. The summed E-state index contributed by atoms with van der Waals surface area (Å²) >= 11 is 1.69. The molecule has 5 heteroatoms. The van der Waals surface area contributed by atoms with Gasteiger partial charge in [-0.05, 0) is 26.7 Å². The average molecular weight is 252 g/mol. The van der Waals surface area contributed by atoms with Gasteiger partial charge in [-0.3, -0.25) is 0 Å². The van der Waals surface area contributed by atoms with Gasteiger partial charge in [0.25, 0.3) is 0 Å². The van der Waals surface area contributed by atoms with Crippen molar-refractivity contribution in [2.75, 3.05) is 19.6 Å². The van der Waals surface area contributed by atoms with Gasteiger partial charge >= 0.3 is 0 Å². The number of nitrogens with one attached hydrogen (secondary N) is 1. The van der Waals surface area contributed by atoms with Crippen molar-refractivity contribution in [2.24, 2.45) is 4.99 Å². The molecular weight excluding hydrogens is 232 g/mol. The third kappa shape index (κ3) is 3.19. The summed E-state index contributed by atoms with van der Waals surface area (Å²) in [6.07, 6.45) is 2.56. The zero-order valence-corrected chi connectivity index (χ0v) is 11.4. The maximum absolute atomic E-state index is 4.70. The normalized spacial score (nSPS) is 16.6. The van der Waals surface area contributed by atoms with E-state index in [1.54, 1.807) is 11.3 Å². The Hall–Kier alpha value is -1.10. The summed E-state index contributed by atoms with van der Waals surface area (Å²) in [4.78, 5) is 12.6. The molecule has 0 spiro atoms. The molecule has 4 nitrogen and oxygen atoms in total. The van der Waals surface area contributed by atoms with Crippen LogP contribution in [0.3, 0.4) is 0 Å². The van der Waals surface area contributed by atoms with Crippen molar-refractivity contribution in [1.82, 2.24) is 15.2 Å². The van der Waals surface area contributed by atoms with Gasteiger partial charge in [-0.2, -0.15) is 0 Å². The molecule has 2 rings (SSSR count). The van der Waals surface area contributed by atoms with Crippen LogP contribution in [0.1, 0.15) is 30.3 Å². The van der Waals surface area contributed by atoms with Crippen LogP contribution in [0.4, 0.5) is 0 Å². The molecule has 0 atom stereocenters. The first kappa shape index (κ1) is 12.4. The molecule has 94 valence electrons.